The number of hydrogen-bond acceptors (Lipinski definition) is 4. The molecular weight excluding hydrogens is 218 g/mol. The molecule has 2 rings (SSSR count). The lowest BCUT2D eigenvalue weighted by molar-refractivity contribution is 0.368. The highest BCUT2D eigenvalue weighted by molar-refractivity contribution is 5.41. The number of phenols is 1. The zero-order chi connectivity index (χ0) is 12.4. The van der Waals surface area contributed by atoms with Crippen molar-refractivity contribution < 1.29 is 9.84 Å². The molecule has 1 aromatic carbocycles. The van der Waals surface area contributed by atoms with Gasteiger partial charge in [0.05, 0.1) is 6.20 Å². The first-order valence-electron chi connectivity index (χ1n) is 5.38. The lowest BCUT2D eigenvalue weighted by Crippen LogP contribution is -2.06. The summed E-state index contributed by atoms with van der Waals surface area (Å²) in [4.78, 5) is 4.08. The first-order valence-corrected chi connectivity index (χ1v) is 5.38. The number of imidazole rings is 1. The highest BCUT2D eigenvalue weighted by atomic mass is 16.5. The molecule has 5 nitrogen and oxygen atoms in total. The van der Waals surface area contributed by atoms with Crippen molar-refractivity contribution in [3.05, 3.63) is 30.5 Å². The van der Waals surface area contributed by atoms with E-state index in [4.69, 9.17) is 10.5 Å². The Morgan fingerprint density at radius 3 is 2.71 bits per heavy atom. The number of nitrogen functional groups attached to an aromatic ring is 1. The maximum Gasteiger partial charge on any atom is 0.303 e. The van der Waals surface area contributed by atoms with E-state index in [0.717, 1.165) is 0 Å². The van der Waals surface area contributed by atoms with Crippen LogP contribution in [-0.4, -0.2) is 14.7 Å². The minimum absolute atomic E-state index is 0.0735. The van der Waals surface area contributed by atoms with E-state index in [1.807, 2.05) is 13.8 Å². The third-order valence-electron chi connectivity index (χ3n) is 2.37. The maximum absolute atomic E-state index is 9.61. The molecule has 0 aliphatic rings. The van der Waals surface area contributed by atoms with Crippen molar-refractivity contribution >= 4 is 5.82 Å². The minimum atomic E-state index is 0.0735. The number of ether oxygens (including phenoxy) is 1. The molecule has 0 aliphatic heterocycles. The fourth-order valence-corrected chi connectivity index (χ4v) is 1.59. The lowest BCUT2D eigenvalue weighted by Gasteiger charge is -2.13. The predicted molar refractivity (Wildman–Crippen MR) is 65.2 cm³/mol. The molecule has 17 heavy (non-hydrogen) atoms. The number of phenolic OH excluding ortho intramolecular Hbond substituents is 1. The van der Waals surface area contributed by atoms with E-state index < -0.39 is 0 Å². The molecule has 0 fully saturated rings. The first-order chi connectivity index (χ1) is 8.09. The van der Waals surface area contributed by atoms with Crippen LogP contribution in [0.1, 0.15) is 19.9 Å². The van der Waals surface area contributed by atoms with Crippen LogP contribution in [0.4, 0.5) is 5.82 Å². The van der Waals surface area contributed by atoms with Gasteiger partial charge in [0.2, 0.25) is 0 Å². The molecule has 3 N–H and O–H groups in total. The SMILES string of the molecule is CC(C)n1c(N)cnc1Oc1ccccc1O. The summed E-state index contributed by atoms with van der Waals surface area (Å²) in [7, 11) is 0. The molecule has 0 spiro atoms. The number of hydrogen-bond donors (Lipinski definition) is 2. The standard InChI is InChI=1S/C12H15N3O2/c1-8(2)15-11(13)7-14-12(15)17-10-6-4-3-5-9(10)16/h3-8,16H,13H2,1-2H3. The quantitative estimate of drug-likeness (QED) is 0.854. The third kappa shape index (κ3) is 2.18. The Labute approximate surface area is 99.5 Å². The highest BCUT2D eigenvalue weighted by Crippen LogP contribution is 2.31. The second-order valence-electron chi connectivity index (χ2n) is 4.00. The van der Waals surface area contributed by atoms with Gasteiger partial charge in [0.15, 0.2) is 11.5 Å². The van der Waals surface area contributed by atoms with E-state index >= 15 is 0 Å². The van der Waals surface area contributed by atoms with Crippen molar-refractivity contribution in [3.8, 4) is 17.5 Å². The number of nitrogens with two attached hydrogens (primary N) is 1. The molecular formula is C12H15N3O2. The van der Waals surface area contributed by atoms with Crippen LogP contribution in [0.2, 0.25) is 0 Å². The highest BCUT2D eigenvalue weighted by Gasteiger charge is 2.13. The number of benzene rings is 1. The summed E-state index contributed by atoms with van der Waals surface area (Å²) in [6, 6.07) is 7.25. The summed E-state index contributed by atoms with van der Waals surface area (Å²) < 4.78 is 7.30. The van der Waals surface area contributed by atoms with Gasteiger partial charge in [-0.05, 0) is 26.0 Å². The molecule has 1 aromatic heterocycles. The van der Waals surface area contributed by atoms with Gasteiger partial charge >= 0.3 is 6.01 Å². The molecule has 0 bridgehead atoms. The van der Waals surface area contributed by atoms with Crippen molar-refractivity contribution in [2.75, 3.05) is 5.73 Å². The number of anilines is 1. The number of rotatable bonds is 3. The first kappa shape index (κ1) is 11.3. The molecule has 0 saturated heterocycles. The molecule has 5 heteroatoms. The molecule has 0 atom stereocenters. The molecule has 2 aromatic rings. The summed E-state index contributed by atoms with van der Waals surface area (Å²) in [5.41, 5.74) is 5.79. The number of para-hydroxylation sites is 2. The van der Waals surface area contributed by atoms with Crippen molar-refractivity contribution in [3.63, 3.8) is 0 Å². The summed E-state index contributed by atoms with van der Waals surface area (Å²) in [5, 5.41) is 9.61. The monoisotopic (exact) mass is 233 g/mol. The van der Waals surface area contributed by atoms with Gasteiger partial charge in [-0.1, -0.05) is 12.1 Å². The van der Waals surface area contributed by atoms with E-state index in [1.165, 1.54) is 6.20 Å². The summed E-state index contributed by atoms with van der Waals surface area (Å²) in [6.45, 7) is 3.96. The largest absolute Gasteiger partial charge is 0.504 e. The smallest absolute Gasteiger partial charge is 0.303 e. The van der Waals surface area contributed by atoms with Crippen LogP contribution in [0.5, 0.6) is 17.5 Å². The van der Waals surface area contributed by atoms with Crippen molar-refractivity contribution in [1.29, 1.82) is 0 Å². The van der Waals surface area contributed by atoms with E-state index in [1.54, 1.807) is 28.8 Å². The Balaban J connectivity index is 2.34. The third-order valence-corrected chi connectivity index (χ3v) is 2.37. The lowest BCUT2D eigenvalue weighted by atomic mass is 10.3. The second kappa shape index (κ2) is 4.37. The van der Waals surface area contributed by atoms with E-state index in [2.05, 4.69) is 4.98 Å². The molecule has 0 unspecified atom stereocenters. The number of nitrogens with zero attached hydrogens (tertiary/aromatic N) is 2. The van der Waals surface area contributed by atoms with Crippen LogP contribution in [0.3, 0.4) is 0 Å². The number of aromatic hydroxyl groups is 1. The molecule has 0 amide bonds. The Morgan fingerprint density at radius 1 is 1.35 bits per heavy atom. The number of aromatic nitrogens is 2. The second-order valence-corrected chi connectivity index (χ2v) is 4.00. The van der Waals surface area contributed by atoms with Crippen LogP contribution in [0.25, 0.3) is 0 Å². The van der Waals surface area contributed by atoms with Crippen LogP contribution in [0, 0.1) is 0 Å². The van der Waals surface area contributed by atoms with Gasteiger partial charge in [-0.25, -0.2) is 4.98 Å². The van der Waals surface area contributed by atoms with Gasteiger partial charge in [-0.2, -0.15) is 0 Å². The fraction of sp³-hybridized carbons (Fsp3) is 0.250. The Morgan fingerprint density at radius 2 is 2.06 bits per heavy atom. The van der Waals surface area contributed by atoms with Crippen LogP contribution in [-0.2, 0) is 0 Å². The molecule has 0 radical (unpaired) electrons. The normalized spacial score (nSPS) is 10.8. The predicted octanol–water partition coefficient (Wildman–Crippen LogP) is 2.54. The summed E-state index contributed by atoms with van der Waals surface area (Å²) >= 11 is 0. The topological polar surface area (TPSA) is 73.3 Å². The van der Waals surface area contributed by atoms with E-state index in [-0.39, 0.29) is 11.8 Å². The van der Waals surface area contributed by atoms with Crippen molar-refractivity contribution in [1.82, 2.24) is 9.55 Å². The van der Waals surface area contributed by atoms with Gasteiger partial charge in [-0.3, -0.25) is 4.57 Å². The molecule has 0 aliphatic carbocycles. The van der Waals surface area contributed by atoms with Crippen LogP contribution >= 0.6 is 0 Å². The zero-order valence-electron chi connectivity index (χ0n) is 9.79. The van der Waals surface area contributed by atoms with Crippen LogP contribution < -0.4 is 10.5 Å². The molecule has 90 valence electrons. The Hall–Kier alpha value is -2.17. The Bertz CT molecular complexity index is 520. The molecule has 1 heterocycles. The van der Waals surface area contributed by atoms with Gasteiger partial charge in [0, 0.05) is 6.04 Å². The maximum atomic E-state index is 9.61. The van der Waals surface area contributed by atoms with Crippen molar-refractivity contribution in [2.45, 2.75) is 19.9 Å². The molecule has 0 saturated carbocycles. The van der Waals surface area contributed by atoms with Gasteiger partial charge < -0.3 is 15.6 Å². The van der Waals surface area contributed by atoms with E-state index in [9.17, 15) is 5.11 Å². The van der Waals surface area contributed by atoms with Gasteiger partial charge in [0.1, 0.15) is 5.82 Å². The average Bonchev–Trinajstić information content (AvgIpc) is 2.63. The van der Waals surface area contributed by atoms with Gasteiger partial charge in [0.25, 0.3) is 0 Å². The van der Waals surface area contributed by atoms with Crippen molar-refractivity contribution in [2.24, 2.45) is 0 Å². The summed E-state index contributed by atoms with van der Waals surface area (Å²) in [5.74, 6) is 0.967. The van der Waals surface area contributed by atoms with Gasteiger partial charge in [-0.15, -0.1) is 0 Å². The summed E-state index contributed by atoms with van der Waals surface area (Å²) in [6.07, 6.45) is 1.54. The van der Waals surface area contributed by atoms with Crippen LogP contribution in [0.15, 0.2) is 30.5 Å². The fourth-order valence-electron chi connectivity index (χ4n) is 1.59. The average molecular weight is 233 g/mol. The zero-order valence-corrected chi connectivity index (χ0v) is 9.79. The minimum Gasteiger partial charge on any atom is -0.504 e. The Kier molecular flexibility index (Phi) is 2.91. The van der Waals surface area contributed by atoms with E-state index in [0.29, 0.717) is 17.6 Å².